The Balaban J connectivity index is 2.72. The maximum absolute atomic E-state index is 5.98. The third-order valence-corrected chi connectivity index (χ3v) is 3.37. The lowest BCUT2D eigenvalue weighted by Crippen LogP contribution is -2.07. The number of nitrogens with zero attached hydrogens (tertiary/aromatic N) is 2. The van der Waals surface area contributed by atoms with Crippen LogP contribution in [-0.2, 0) is 5.88 Å². The van der Waals surface area contributed by atoms with Gasteiger partial charge >= 0.3 is 0 Å². The molecule has 0 aliphatic rings. The van der Waals surface area contributed by atoms with E-state index in [0.29, 0.717) is 11.9 Å². The minimum absolute atomic E-state index is 0.390. The minimum Gasteiger partial charge on any atom is -0.494 e. The van der Waals surface area contributed by atoms with Gasteiger partial charge < -0.3 is 9.30 Å². The molecule has 0 saturated heterocycles. The Labute approximate surface area is 106 Å². The van der Waals surface area contributed by atoms with Crippen molar-refractivity contribution >= 4 is 22.6 Å². The monoisotopic (exact) mass is 252 g/mol. The molecule has 1 heterocycles. The highest BCUT2D eigenvalue weighted by Crippen LogP contribution is 2.29. The van der Waals surface area contributed by atoms with Crippen LogP contribution >= 0.6 is 11.6 Å². The molecule has 4 heteroatoms. The second kappa shape index (κ2) is 4.96. The summed E-state index contributed by atoms with van der Waals surface area (Å²) in [5.41, 5.74) is 1.99. The number of benzene rings is 1. The Morgan fingerprint density at radius 1 is 1.47 bits per heavy atom. The maximum Gasteiger partial charge on any atom is 0.146 e. The van der Waals surface area contributed by atoms with Gasteiger partial charge in [0, 0.05) is 6.04 Å². The number of halogens is 1. The van der Waals surface area contributed by atoms with E-state index in [2.05, 4.69) is 29.5 Å². The molecule has 0 aliphatic heterocycles. The molecule has 0 radical (unpaired) electrons. The zero-order chi connectivity index (χ0) is 12.4. The van der Waals surface area contributed by atoms with Crippen LogP contribution < -0.4 is 4.74 Å². The Kier molecular flexibility index (Phi) is 3.57. The van der Waals surface area contributed by atoms with E-state index in [1.54, 1.807) is 7.11 Å². The summed E-state index contributed by atoms with van der Waals surface area (Å²) in [4.78, 5) is 4.58. The molecule has 2 rings (SSSR count). The normalized spacial score (nSPS) is 12.9. The third-order valence-electron chi connectivity index (χ3n) is 3.13. The first-order chi connectivity index (χ1) is 8.22. The summed E-state index contributed by atoms with van der Waals surface area (Å²) < 4.78 is 7.53. The fraction of sp³-hybridized carbons (Fsp3) is 0.462. The second-order valence-electron chi connectivity index (χ2n) is 4.12. The van der Waals surface area contributed by atoms with Crippen LogP contribution in [0.2, 0.25) is 0 Å². The quantitative estimate of drug-likeness (QED) is 0.775. The molecule has 1 unspecified atom stereocenters. The smallest absolute Gasteiger partial charge is 0.146 e. The first-order valence-electron chi connectivity index (χ1n) is 5.82. The van der Waals surface area contributed by atoms with Crippen molar-refractivity contribution in [2.24, 2.45) is 0 Å². The van der Waals surface area contributed by atoms with Gasteiger partial charge in [0.2, 0.25) is 0 Å². The van der Waals surface area contributed by atoms with Crippen LogP contribution in [0, 0.1) is 0 Å². The zero-order valence-corrected chi connectivity index (χ0v) is 11.2. The molecule has 2 aromatic rings. The van der Waals surface area contributed by atoms with Gasteiger partial charge in [0.05, 0.1) is 18.5 Å². The van der Waals surface area contributed by atoms with E-state index in [1.165, 1.54) is 0 Å². The lowest BCUT2D eigenvalue weighted by Gasteiger charge is -2.14. The van der Waals surface area contributed by atoms with Crippen LogP contribution in [0.3, 0.4) is 0 Å². The van der Waals surface area contributed by atoms with Crippen LogP contribution in [0.4, 0.5) is 0 Å². The van der Waals surface area contributed by atoms with Gasteiger partial charge in [-0.1, -0.05) is 13.0 Å². The topological polar surface area (TPSA) is 27.1 Å². The molecule has 0 saturated carbocycles. The Morgan fingerprint density at radius 3 is 2.82 bits per heavy atom. The first-order valence-corrected chi connectivity index (χ1v) is 6.36. The highest BCUT2D eigenvalue weighted by atomic mass is 35.5. The van der Waals surface area contributed by atoms with Gasteiger partial charge in [-0.3, -0.25) is 0 Å². The fourth-order valence-corrected chi connectivity index (χ4v) is 2.26. The van der Waals surface area contributed by atoms with Crippen LogP contribution in [0.15, 0.2) is 18.2 Å². The van der Waals surface area contributed by atoms with Crippen molar-refractivity contribution in [3.05, 3.63) is 24.0 Å². The molecule has 3 nitrogen and oxygen atoms in total. The summed E-state index contributed by atoms with van der Waals surface area (Å²) in [5, 5.41) is 0. The lowest BCUT2D eigenvalue weighted by atomic mass is 10.2. The van der Waals surface area contributed by atoms with E-state index in [-0.39, 0.29) is 0 Å². The molecule has 0 spiro atoms. The van der Waals surface area contributed by atoms with Crippen molar-refractivity contribution < 1.29 is 4.74 Å². The number of rotatable bonds is 4. The number of fused-ring (bicyclic) bond motifs is 1. The molecule has 17 heavy (non-hydrogen) atoms. The summed E-state index contributed by atoms with van der Waals surface area (Å²) in [6, 6.07) is 6.36. The third kappa shape index (κ3) is 2.00. The second-order valence-corrected chi connectivity index (χ2v) is 4.38. The van der Waals surface area contributed by atoms with E-state index in [1.807, 2.05) is 12.1 Å². The fourth-order valence-electron chi connectivity index (χ4n) is 2.07. The highest BCUT2D eigenvalue weighted by Gasteiger charge is 2.16. The molecular weight excluding hydrogens is 236 g/mol. The molecule has 0 aliphatic carbocycles. The van der Waals surface area contributed by atoms with Gasteiger partial charge in [0.15, 0.2) is 0 Å². The molecule has 1 aromatic carbocycles. The van der Waals surface area contributed by atoms with Crippen molar-refractivity contribution in [2.75, 3.05) is 7.11 Å². The predicted molar refractivity (Wildman–Crippen MR) is 70.8 cm³/mol. The molecule has 1 atom stereocenters. The minimum atomic E-state index is 0.390. The number of aromatic nitrogens is 2. The average Bonchev–Trinajstić information content (AvgIpc) is 2.75. The van der Waals surface area contributed by atoms with Gasteiger partial charge in [-0.05, 0) is 25.5 Å². The average molecular weight is 253 g/mol. The summed E-state index contributed by atoms with van der Waals surface area (Å²) in [5.74, 6) is 2.12. The first kappa shape index (κ1) is 12.2. The summed E-state index contributed by atoms with van der Waals surface area (Å²) in [6.07, 6.45) is 1.05. The van der Waals surface area contributed by atoms with E-state index in [4.69, 9.17) is 16.3 Å². The molecule has 0 amide bonds. The molecule has 92 valence electrons. The van der Waals surface area contributed by atoms with Gasteiger partial charge in [-0.15, -0.1) is 11.6 Å². The van der Waals surface area contributed by atoms with Crippen LogP contribution in [-0.4, -0.2) is 16.7 Å². The summed E-state index contributed by atoms with van der Waals surface area (Å²) in [7, 11) is 1.66. The van der Waals surface area contributed by atoms with Crippen LogP contribution in [0.5, 0.6) is 5.75 Å². The predicted octanol–water partition coefficient (Wildman–Crippen LogP) is 3.75. The van der Waals surface area contributed by atoms with Crippen molar-refractivity contribution in [3.8, 4) is 5.75 Å². The Bertz CT molecular complexity index is 521. The number of methoxy groups -OCH3 is 1. The van der Waals surface area contributed by atoms with Crippen LogP contribution in [0.25, 0.3) is 11.0 Å². The van der Waals surface area contributed by atoms with Gasteiger partial charge in [0.1, 0.15) is 17.1 Å². The Morgan fingerprint density at radius 2 is 2.24 bits per heavy atom. The maximum atomic E-state index is 5.98. The molecule has 1 aromatic heterocycles. The molecule has 0 bridgehead atoms. The highest BCUT2D eigenvalue weighted by molar-refractivity contribution is 6.16. The van der Waals surface area contributed by atoms with Crippen molar-refractivity contribution in [2.45, 2.75) is 32.2 Å². The number of alkyl halides is 1. The number of hydrogen-bond donors (Lipinski definition) is 0. The van der Waals surface area contributed by atoms with E-state index >= 15 is 0 Å². The SMILES string of the molecule is CCC(C)n1c(CCl)nc2c(OC)cccc21. The Hall–Kier alpha value is -1.22. The standard InChI is InChI=1S/C13H17ClN2O/c1-4-9(2)16-10-6-5-7-11(17-3)13(10)15-12(16)8-14/h5-7,9H,4,8H2,1-3H3. The number of imidazole rings is 1. The summed E-state index contributed by atoms with van der Waals surface area (Å²) in [6.45, 7) is 4.34. The molecule has 0 N–H and O–H groups in total. The zero-order valence-electron chi connectivity index (χ0n) is 10.4. The van der Waals surface area contributed by atoms with E-state index in [9.17, 15) is 0 Å². The van der Waals surface area contributed by atoms with Crippen molar-refractivity contribution in [3.63, 3.8) is 0 Å². The number of hydrogen-bond acceptors (Lipinski definition) is 2. The van der Waals surface area contributed by atoms with Gasteiger partial charge in [-0.2, -0.15) is 0 Å². The number of para-hydroxylation sites is 1. The van der Waals surface area contributed by atoms with Crippen LogP contribution in [0.1, 0.15) is 32.1 Å². The van der Waals surface area contributed by atoms with E-state index in [0.717, 1.165) is 29.0 Å². The van der Waals surface area contributed by atoms with Crippen molar-refractivity contribution in [1.29, 1.82) is 0 Å². The lowest BCUT2D eigenvalue weighted by molar-refractivity contribution is 0.419. The van der Waals surface area contributed by atoms with Gasteiger partial charge in [-0.25, -0.2) is 4.98 Å². The summed E-state index contributed by atoms with van der Waals surface area (Å²) >= 11 is 5.98. The number of ether oxygens (including phenoxy) is 1. The molecule has 0 fully saturated rings. The molecular formula is C13H17ClN2O. The van der Waals surface area contributed by atoms with E-state index < -0.39 is 0 Å². The largest absolute Gasteiger partial charge is 0.494 e. The van der Waals surface area contributed by atoms with Crippen molar-refractivity contribution in [1.82, 2.24) is 9.55 Å². The van der Waals surface area contributed by atoms with Gasteiger partial charge in [0.25, 0.3) is 0 Å².